The lowest BCUT2D eigenvalue weighted by molar-refractivity contribution is -0.161. The fourth-order valence-electron chi connectivity index (χ4n) is 10.9. The predicted octanol–water partition coefficient (Wildman–Crippen LogP) is 20.8. The van der Waals surface area contributed by atoms with Gasteiger partial charge in [-0.1, -0.05) is 318 Å². The van der Waals surface area contributed by atoms with Gasteiger partial charge < -0.3 is 33.8 Å². The molecule has 0 aromatic heterocycles. The Balaban J connectivity index is 5.25. The Bertz CT molecular complexity index is 1770. The monoisotopic (exact) mass is 1340 g/mol. The van der Waals surface area contributed by atoms with Gasteiger partial charge in [0.15, 0.2) is 12.2 Å². The molecule has 0 amide bonds. The van der Waals surface area contributed by atoms with Gasteiger partial charge in [-0.3, -0.25) is 37.3 Å². The predicted molar refractivity (Wildman–Crippen MR) is 368 cm³/mol. The summed E-state index contributed by atoms with van der Waals surface area (Å²) in [5.74, 6) is -0.571. The van der Waals surface area contributed by atoms with Gasteiger partial charge in [0, 0.05) is 25.7 Å². The summed E-state index contributed by atoms with van der Waals surface area (Å²) in [7, 11) is -9.90. The smallest absolute Gasteiger partial charge is 0.462 e. The van der Waals surface area contributed by atoms with Crippen LogP contribution >= 0.6 is 15.6 Å². The first-order valence-corrected chi connectivity index (χ1v) is 40.5. The fourth-order valence-corrected chi connectivity index (χ4v) is 12.5. The van der Waals surface area contributed by atoms with Crippen molar-refractivity contribution in [1.29, 1.82) is 0 Å². The zero-order valence-corrected chi connectivity index (χ0v) is 60.9. The summed E-state index contributed by atoms with van der Waals surface area (Å²) in [6.07, 6.45) is 49.8. The van der Waals surface area contributed by atoms with E-state index in [1.165, 1.54) is 186 Å². The molecule has 19 heteroatoms. The molecule has 17 nitrogen and oxygen atoms in total. The number of unbranched alkanes of at least 4 members (excludes halogenated alkanes) is 41. The number of aliphatic hydroxyl groups is 1. The summed E-state index contributed by atoms with van der Waals surface area (Å²) in [6, 6.07) is 0. The van der Waals surface area contributed by atoms with Gasteiger partial charge in [0.05, 0.1) is 26.4 Å². The van der Waals surface area contributed by atoms with Crippen molar-refractivity contribution in [3.63, 3.8) is 0 Å². The summed E-state index contributed by atoms with van der Waals surface area (Å²) in [5, 5.41) is 10.6. The number of carbonyl (C=O) groups is 4. The van der Waals surface area contributed by atoms with Gasteiger partial charge in [0.2, 0.25) is 0 Å². The number of esters is 4. The van der Waals surface area contributed by atoms with Gasteiger partial charge in [-0.05, 0) is 37.5 Å². The summed E-state index contributed by atoms with van der Waals surface area (Å²) < 4.78 is 68.4. The van der Waals surface area contributed by atoms with Crippen LogP contribution in [0, 0.1) is 11.8 Å². The largest absolute Gasteiger partial charge is 0.472 e. The maximum atomic E-state index is 13.0. The van der Waals surface area contributed by atoms with Crippen LogP contribution in [0.5, 0.6) is 0 Å². The quantitative estimate of drug-likeness (QED) is 0.0222. The lowest BCUT2D eigenvalue weighted by Gasteiger charge is -2.21. The number of aliphatic hydroxyl groups excluding tert-OH is 1. The van der Waals surface area contributed by atoms with Crippen LogP contribution in [-0.4, -0.2) is 96.7 Å². The van der Waals surface area contributed by atoms with Crippen molar-refractivity contribution >= 4 is 39.5 Å². The summed E-state index contributed by atoms with van der Waals surface area (Å²) in [6.45, 7) is 9.58. The molecule has 0 aromatic rings. The molecule has 0 saturated carbocycles. The summed E-state index contributed by atoms with van der Waals surface area (Å²) >= 11 is 0. The van der Waals surface area contributed by atoms with Crippen LogP contribution < -0.4 is 0 Å². The molecule has 0 saturated heterocycles. The fraction of sp³-hybridized carbons (Fsp3) is 0.944. The molecule has 91 heavy (non-hydrogen) atoms. The second kappa shape index (κ2) is 64.1. The zero-order chi connectivity index (χ0) is 67.2. The summed E-state index contributed by atoms with van der Waals surface area (Å²) in [4.78, 5) is 72.6. The van der Waals surface area contributed by atoms with Gasteiger partial charge in [0.1, 0.15) is 19.3 Å². The molecule has 0 radical (unpaired) electrons. The highest BCUT2D eigenvalue weighted by Crippen LogP contribution is 2.45. The van der Waals surface area contributed by atoms with Crippen molar-refractivity contribution < 1.29 is 80.2 Å². The van der Waals surface area contributed by atoms with Crippen LogP contribution in [0.3, 0.4) is 0 Å². The van der Waals surface area contributed by atoms with E-state index in [1.54, 1.807) is 0 Å². The van der Waals surface area contributed by atoms with E-state index in [0.717, 1.165) is 102 Å². The van der Waals surface area contributed by atoms with E-state index in [0.29, 0.717) is 25.7 Å². The zero-order valence-electron chi connectivity index (χ0n) is 59.1. The molecule has 0 aliphatic heterocycles. The molecule has 3 N–H and O–H groups in total. The number of phosphoric ester groups is 2. The molecule has 0 rings (SSSR count). The van der Waals surface area contributed by atoms with E-state index in [1.807, 2.05) is 0 Å². The lowest BCUT2D eigenvalue weighted by Crippen LogP contribution is -2.30. The highest BCUT2D eigenvalue weighted by Gasteiger charge is 2.30. The maximum absolute atomic E-state index is 13.0. The van der Waals surface area contributed by atoms with E-state index in [-0.39, 0.29) is 25.7 Å². The number of phosphoric acid groups is 2. The number of ether oxygens (including phenoxy) is 4. The molecule has 0 aromatic carbocycles. The van der Waals surface area contributed by atoms with E-state index >= 15 is 0 Å². The second-order valence-corrected chi connectivity index (χ2v) is 29.8. The molecule has 5 atom stereocenters. The molecule has 0 spiro atoms. The van der Waals surface area contributed by atoms with E-state index in [4.69, 9.17) is 37.0 Å². The van der Waals surface area contributed by atoms with Crippen LogP contribution in [-0.2, 0) is 65.4 Å². The van der Waals surface area contributed by atoms with Crippen LogP contribution in [0.4, 0.5) is 0 Å². The Morgan fingerprint density at radius 3 is 0.747 bits per heavy atom. The first-order valence-electron chi connectivity index (χ1n) is 37.5. The summed E-state index contributed by atoms with van der Waals surface area (Å²) in [5.41, 5.74) is 0. The van der Waals surface area contributed by atoms with Crippen molar-refractivity contribution in [3.8, 4) is 0 Å². The number of hydrogen-bond donors (Lipinski definition) is 3. The molecule has 0 fully saturated rings. The van der Waals surface area contributed by atoms with Crippen molar-refractivity contribution in [2.24, 2.45) is 11.8 Å². The average molecular weight is 1340 g/mol. The van der Waals surface area contributed by atoms with E-state index < -0.39 is 97.5 Å². The minimum atomic E-state index is -4.95. The molecular formula is C72H140O17P2. The molecule has 2 unspecified atom stereocenters. The maximum Gasteiger partial charge on any atom is 0.472 e. The van der Waals surface area contributed by atoms with Crippen molar-refractivity contribution in [1.82, 2.24) is 0 Å². The van der Waals surface area contributed by atoms with Crippen LogP contribution in [0.1, 0.15) is 369 Å². The van der Waals surface area contributed by atoms with E-state index in [2.05, 4.69) is 41.5 Å². The van der Waals surface area contributed by atoms with Crippen molar-refractivity contribution in [2.45, 2.75) is 387 Å². The second-order valence-electron chi connectivity index (χ2n) is 26.9. The average Bonchev–Trinajstić information content (AvgIpc) is 3.60. The number of rotatable bonds is 71. The Kier molecular flexibility index (Phi) is 62.7. The highest BCUT2D eigenvalue weighted by molar-refractivity contribution is 7.47. The van der Waals surface area contributed by atoms with Gasteiger partial charge in [-0.2, -0.15) is 0 Å². The highest BCUT2D eigenvalue weighted by atomic mass is 31.2. The normalized spacial score (nSPS) is 14.1. The number of hydrogen-bond acceptors (Lipinski definition) is 15. The molecule has 0 aliphatic rings. The van der Waals surface area contributed by atoms with Gasteiger partial charge in [-0.15, -0.1) is 0 Å². The number of carbonyl (C=O) groups excluding carboxylic acids is 4. The Hall–Kier alpha value is -1.94. The molecular weight excluding hydrogens is 1200 g/mol. The van der Waals surface area contributed by atoms with Crippen LogP contribution in [0.15, 0.2) is 0 Å². The van der Waals surface area contributed by atoms with Crippen molar-refractivity contribution in [2.75, 3.05) is 39.6 Å². The van der Waals surface area contributed by atoms with Crippen LogP contribution in [0.25, 0.3) is 0 Å². The van der Waals surface area contributed by atoms with Crippen LogP contribution in [0.2, 0.25) is 0 Å². The third-order valence-electron chi connectivity index (χ3n) is 16.7. The first-order chi connectivity index (χ1) is 43.9. The molecule has 0 bridgehead atoms. The molecule has 0 heterocycles. The van der Waals surface area contributed by atoms with E-state index in [9.17, 15) is 43.2 Å². The van der Waals surface area contributed by atoms with Crippen molar-refractivity contribution in [3.05, 3.63) is 0 Å². The minimum Gasteiger partial charge on any atom is -0.462 e. The Labute approximate surface area is 556 Å². The van der Waals surface area contributed by atoms with Gasteiger partial charge >= 0.3 is 39.5 Å². The third kappa shape index (κ3) is 66.5. The standard InChI is InChI=1S/C72H140O17P2/c1-7-9-11-13-15-17-22-30-36-42-48-54-69(74)82-60-67(88-71(76)56-50-44-38-32-23-18-16-14-12-10-8-2)62-86-90(78,79)84-58-66(73)59-85-91(80,81)87-63-68(61-83-70(75)55-49-43-37-31-27-21-25-29-35-41-47-53-65(5)6)89-72(77)57-51-45-39-33-26-20-19-24-28-34-40-46-52-64(3)4/h64-68,73H,7-63H2,1-6H3,(H,78,79)(H,80,81)/t66-,67+,68+/m0/s1. The SMILES string of the molecule is CCCCCCCCCCCCCC(=O)OC[C@H](COP(=O)(O)OC[C@H](O)COP(=O)(O)OC[C@@H](COC(=O)CCCCCCCCCCCCCC(C)C)OC(=O)CCCCCCCCCCCCCCC(C)C)OC(=O)CCCCCCCCCCCCC. The molecule has 540 valence electrons. The third-order valence-corrected chi connectivity index (χ3v) is 18.6. The lowest BCUT2D eigenvalue weighted by atomic mass is 10.0. The molecule has 0 aliphatic carbocycles. The Morgan fingerprint density at radius 2 is 0.505 bits per heavy atom. The van der Waals surface area contributed by atoms with Gasteiger partial charge in [-0.25, -0.2) is 9.13 Å². The first kappa shape index (κ1) is 89.1. The minimum absolute atomic E-state index is 0.107. The Morgan fingerprint density at radius 1 is 0.297 bits per heavy atom. The topological polar surface area (TPSA) is 237 Å². The van der Waals surface area contributed by atoms with Gasteiger partial charge in [0.25, 0.3) is 0 Å².